The van der Waals surface area contributed by atoms with Crippen molar-refractivity contribution >= 4 is 27.8 Å². The number of ether oxygens (including phenoxy) is 1. The van der Waals surface area contributed by atoms with E-state index in [4.69, 9.17) is 4.74 Å². The number of rotatable bonds is 3. The van der Waals surface area contributed by atoms with Gasteiger partial charge in [0.15, 0.2) is 5.78 Å². The first-order valence-electron chi connectivity index (χ1n) is 11.2. The summed E-state index contributed by atoms with van der Waals surface area (Å²) in [6.45, 7) is 0. The molecule has 1 unspecified atom stereocenters. The van der Waals surface area contributed by atoms with Crippen LogP contribution in [0.25, 0.3) is 16.3 Å². The van der Waals surface area contributed by atoms with Gasteiger partial charge < -0.3 is 10.1 Å². The average molecular weight is 418 g/mol. The third-order valence-electron chi connectivity index (χ3n) is 6.45. The standard InChI is InChI=1S/C29H23NO2/c31-26-15-7-14-24-27-23-13-5-4-8-19(23)16-17-25(27)30-29(28(24)26)20-9-6-12-22(18-20)32-21-10-2-1-3-11-21/h1-6,8-13,16-18,29-30H,7,14-15H2. The molecule has 0 saturated carbocycles. The van der Waals surface area contributed by atoms with Crippen molar-refractivity contribution in [3.05, 3.63) is 108 Å². The summed E-state index contributed by atoms with van der Waals surface area (Å²) in [6, 6.07) is 30.4. The zero-order chi connectivity index (χ0) is 21.5. The number of Topliss-reactive ketones (excluding diaryl/α,β-unsaturated/α-hetero) is 1. The Morgan fingerprint density at radius 3 is 2.50 bits per heavy atom. The molecular formula is C29H23NO2. The van der Waals surface area contributed by atoms with Gasteiger partial charge in [0.1, 0.15) is 11.5 Å². The van der Waals surface area contributed by atoms with Crippen molar-refractivity contribution in [2.75, 3.05) is 5.32 Å². The van der Waals surface area contributed by atoms with Crippen LogP contribution in [-0.4, -0.2) is 5.78 Å². The van der Waals surface area contributed by atoms with Crippen molar-refractivity contribution in [3.8, 4) is 11.5 Å². The number of allylic oxidation sites excluding steroid dienone is 1. The van der Waals surface area contributed by atoms with Gasteiger partial charge in [0.25, 0.3) is 0 Å². The van der Waals surface area contributed by atoms with Crippen LogP contribution in [0.15, 0.2) is 96.6 Å². The molecule has 1 aliphatic carbocycles. The molecular weight excluding hydrogens is 394 g/mol. The summed E-state index contributed by atoms with van der Waals surface area (Å²) in [6.07, 6.45) is 2.45. The number of nitrogens with one attached hydrogen (secondary N) is 1. The third-order valence-corrected chi connectivity index (χ3v) is 6.45. The molecule has 32 heavy (non-hydrogen) atoms. The van der Waals surface area contributed by atoms with Crippen LogP contribution in [0.4, 0.5) is 5.69 Å². The van der Waals surface area contributed by atoms with Crippen molar-refractivity contribution in [2.24, 2.45) is 0 Å². The summed E-state index contributed by atoms with van der Waals surface area (Å²) in [5, 5.41) is 6.10. The second-order valence-electron chi connectivity index (χ2n) is 8.44. The highest BCUT2D eigenvalue weighted by molar-refractivity contribution is 6.12. The molecule has 1 aliphatic heterocycles. The number of hydrogen-bond acceptors (Lipinski definition) is 3. The summed E-state index contributed by atoms with van der Waals surface area (Å²) in [5.41, 5.74) is 5.44. The predicted molar refractivity (Wildman–Crippen MR) is 129 cm³/mol. The minimum atomic E-state index is -0.175. The number of carbonyl (C=O) groups is 1. The van der Waals surface area contributed by atoms with Gasteiger partial charge in [-0.15, -0.1) is 0 Å². The lowest BCUT2D eigenvalue weighted by Crippen LogP contribution is -2.27. The number of ketones is 1. The molecule has 1 heterocycles. The molecule has 6 rings (SSSR count). The number of fused-ring (bicyclic) bond motifs is 4. The molecule has 4 aromatic carbocycles. The highest BCUT2D eigenvalue weighted by atomic mass is 16.5. The molecule has 3 nitrogen and oxygen atoms in total. The molecule has 156 valence electrons. The third kappa shape index (κ3) is 3.18. The van der Waals surface area contributed by atoms with E-state index in [1.54, 1.807) is 0 Å². The fraction of sp³-hybridized carbons (Fsp3) is 0.138. The Morgan fingerprint density at radius 2 is 1.59 bits per heavy atom. The lowest BCUT2D eigenvalue weighted by atomic mass is 9.77. The molecule has 0 spiro atoms. The van der Waals surface area contributed by atoms with Crippen LogP contribution >= 0.6 is 0 Å². The average Bonchev–Trinajstić information content (AvgIpc) is 2.84. The quantitative estimate of drug-likeness (QED) is 0.380. The Hall–Kier alpha value is -3.85. The normalized spacial score (nSPS) is 17.5. The molecule has 0 bridgehead atoms. The monoisotopic (exact) mass is 417 g/mol. The minimum Gasteiger partial charge on any atom is -0.457 e. The van der Waals surface area contributed by atoms with Gasteiger partial charge >= 0.3 is 0 Å². The maximum atomic E-state index is 13.2. The van der Waals surface area contributed by atoms with E-state index in [1.165, 1.54) is 21.9 Å². The van der Waals surface area contributed by atoms with Crippen LogP contribution in [0.5, 0.6) is 11.5 Å². The van der Waals surface area contributed by atoms with Crippen molar-refractivity contribution in [1.82, 2.24) is 0 Å². The van der Waals surface area contributed by atoms with Gasteiger partial charge in [0.2, 0.25) is 0 Å². The molecule has 2 aliphatic rings. The van der Waals surface area contributed by atoms with Crippen LogP contribution in [0, 0.1) is 0 Å². The second kappa shape index (κ2) is 7.69. The van der Waals surface area contributed by atoms with Crippen LogP contribution in [0.1, 0.15) is 36.4 Å². The van der Waals surface area contributed by atoms with E-state index in [2.05, 4.69) is 47.8 Å². The number of anilines is 1. The topological polar surface area (TPSA) is 38.3 Å². The van der Waals surface area contributed by atoms with E-state index in [0.29, 0.717) is 6.42 Å². The van der Waals surface area contributed by atoms with Crippen LogP contribution < -0.4 is 10.1 Å². The summed E-state index contributed by atoms with van der Waals surface area (Å²) in [7, 11) is 0. The van der Waals surface area contributed by atoms with E-state index in [1.807, 2.05) is 48.5 Å². The molecule has 0 amide bonds. The molecule has 4 aromatic rings. The van der Waals surface area contributed by atoms with E-state index in [-0.39, 0.29) is 11.8 Å². The zero-order valence-corrected chi connectivity index (χ0v) is 17.7. The molecule has 3 heteroatoms. The van der Waals surface area contributed by atoms with Crippen molar-refractivity contribution in [1.29, 1.82) is 0 Å². The Kier molecular flexibility index (Phi) is 4.53. The van der Waals surface area contributed by atoms with Crippen LogP contribution in [-0.2, 0) is 4.79 Å². The highest BCUT2D eigenvalue weighted by Crippen LogP contribution is 2.48. The minimum absolute atomic E-state index is 0.175. The van der Waals surface area contributed by atoms with Crippen LogP contribution in [0.2, 0.25) is 0 Å². The van der Waals surface area contributed by atoms with Crippen LogP contribution in [0.3, 0.4) is 0 Å². The summed E-state index contributed by atoms with van der Waals surface area (Å²) >= 11 is 0. The fourth-order valence-corrected chi connectivity index (χ4v) is 5.04. The molecule has 1 atom stereocenters. The van der Waals surface area contributed by atoms with Crippen molar-refractivity contribution < 1.29 is 9.53 Å². The van der Waals surface area contributed by atoms with E-state index < -0.39 is 0 Å². The summed E-state index contributed by atoms with van der Waals surface area (Å²) in [4.78, 5) is 13.2. The number of para-hydroxylation sites is 1. The van der Waals surface area contributed by atoms with Gasteiger partial charge in [-0.25, -0.2) is 0 Å². The van der Waals surface area contributed by atoms with Gasteiger partial charge in [0.05, 0.1) is 6.04 Å². The number of carbonyl (C=O) groups excluding carboxylic acids is 1. The molecule has 1 N–H and O–H groups in total. The second-order valence-corrected chi connectivity index (χ2v) is 8.44. The lowest BCUT2D eigenvalue weighted by molar-refractivity contribution is -0.116. The SMILES string of the molecule is O=C1CCCC2=C1C(c1cccc(Oc3ccccc3)c1)Nc1ccc3ccccc3c12. The highest BCUT2D eigenvalue weighted by Gasteiger charge is 2.35. The Labute approximate surface area is 187 Å². The van der Waals surface area contributed by atoms with Gasteiger partial charge in [-0.1, -0.05) is 60.7 Å². The Balaban J connectivity index is 1.47. The largest absolute Gasteiger partial charge is 0.457 e. The van der Waals surface area contributed by atoms with Crippen molar-refractivity contribution in [2.45, 2.75) is 25.3 Å². The van der Waals surface area contributed by atoms with E-state index in [0.717, 1.165) is 41.2 Å². The Bertz CT molecular complexity index is 1370. The van der Waals surface area contributed by atoms with Gasteiger partial charge in [0, 0.05) is 23.2 Å². The van der Waals surface area contributed by atoms with E-state index >= 15 is 0 Å². The van der Waals surface area contributed by atoms with Gasteiger partial charge in [-0.3, -0.25) is 4.79 Å². The van der Waals surface area contributed by atoms with Gasteiger partial charge in [-0.2, -0.15) is 0 Å². The summed E-state index contributed by atoms with van der Waals surface area (Å²) in [5.74, 6) is 1.81. The van der Waals surface area contributed by atoms with Gasteiger partial charge in [-0.05, 0) is 65.1 Å². The first kappa shape index (κ1) is 18.9. The maximum Gasteiger partial charge on any atom is 0.161 e. The molecule has 0 fully saturated rings. The van der Waals surface area contributed by atoms with E-state index in [9.17, 15) is 4.79 Å². The zero-order valence-electron chi connectivity index (χ0n) is 17.7. The first-order valence-corrected chi connectivity index (χ1v) is 11.2. The lowest BCUT2D eigenvalue weighted by Gasteiger charge is -2.35. The molecule has 0 saturated heterocycles. The van der Waals surface area contributed by atoms with Crippen molar-refractivity contribution in [3.63, 3.8) is 0 Å². The predicted octanol–water partition coefficient (Wildman–Crippen LogP) is 7.31. The Morgan fingerprint density at radius 1 is 0.781 bits per heavy atom. The number of hydrogen-bond donors (Lipinski definition) is 1. The number of benzene rings is 4. The summed E-state index contributed by atoms with van der Waals surface area (Å²) < 4.78 is 6.07. The fourth-order valence-electron chi connectivity index (χ4n) is 5.04. The maximum absolute atomic E-state index is 13.2. The first-order chi connectivity index (χ1) is 15.8. The smallest absolute Gasteiger partial charge is 0.161 e. The molecule has 0 radical (unpaired) electrons. The molecule has 0 aromatic heterocycles.